The molecule has 0 saturated carbocycles. The molecule has 0 heterocycles. The highest BCUT2D eigenvalue weighted by Gasteiger charge is 2.03. The minimum atomic E-state index is -0.547. The molecular formula is C16H15ClN4O3. The molecule has 0 spiro atoms. The highest BCUT2D eigenvalue weighted by molar-refractivity contribution is 6.33. The van der Waals surface area contributed by atoms with Gasteiger partial charge in [0.25, 0.3) is 5.91 Å². The van der Waals surface area contributed by atoms with Crippen LogP contribution in [-0.4, -0.2) is 24.8 Å². The third kappa shape index (κ3) is 5.62. The van der Waals surface area contributed by atoms with Gasteiger partial charge in [0.05, 0.1) is 16.9 Å². The molecule has 0 unspecified atom stereocenters. The zero-order chi connectivity index (χ0) is 17.4. The summed E-state index contributed by atoms with van der Waals surface area (Å²) in [5.41, 5.74) is 8.54. The van der Waals surface area contributed by atoms with E-state index >= 15 is 0 Å². The number of nitrogens with two attached hydrogens (primary N) is 1. The van der Waals surface area contributed by atoms with Crippen molar-refractivity contribution in [2.75, 3.05) is 11.9 Å². The van der Waals surface area contributed by atoms with Crippen LogP contribution in [0.15, 0.2) is 53.6 Å². The summed E-state index contributed by atoms with van der Waals surface area (Å²) in [5.74, 6) is -0.0373. The Morgan fingerprint density at radius 2 is 1.88 bits per heavy atom. The molecule has 24 heavy (non-hydrogen) atoms. The number of urea groups is 1. The van der Waals surface area contributed by atoms with Crippen LogP contribution in [0, 0.1) is 0 Å². The van der Waals surface area contributed by atoms with E-state index in [9.17, 15) is 9.59 Å². The van der Waals surface area contributed by atoms with Crippen molar-refractivity contribution >= 4 is 35.4 Å². The standard InChI is InChI=1S/C16H15ClN4O3/c17-13-3-1-2-4-14(13)20-16(23)21-19-9-11-5-7-12(8-6-11)24-10-15(18)22/h1-9H,10H2,(H2,18,22)(H2,20,21,23)/b19-9+. The average molecular weight is 347 g/mol. The molecule has 2 rings (SSSR count). The quantitative estimate of drug-likeness (QED) is 0.552. The Bertz CT molecular complexity index is 747. The lowest BCUT2D eigenvalue weighted by Crippen LogP contribution is -2.24. The third-order valence-corrected chi connectivity index (χ3v) is 3.09. The fraction of sp³-hybridized carbons (Fsp3) is 0.0625. The van der Waals surface area contributed by atoms with Crippen molar-refractivity contribution < 1.29 is 14.3 Å². The Balaban J connectivity index is 1.84. The molecule has 0 bridgehead atoms. The van der Waals surface area contributed by atoms with E-state index in [1.807, 2.05) is 0 Å². The number of carbonyl (C=O) groups is 2. The molecule has 0 atom stereocenters. The van der Waals surface area contributed by atoms with Gasteiger partial charge in [-0.2, -0.15) is 5.10 Å². The summed E-state index contributed by atoms with van der Waals surface area (Å²) in [6, 6.07) is 13.1. The Morgan fingerprint density at radius 1 is 1.17 bits per heavy atom. The second-order valence-corrected chi connectivity index (χ2v) is 5.04. The summed E-state index contributed by atoms with van der Waals surface area (Å²) in [5, 5.41) is 6.83. The normalized spacial score (nSPS) is 10.4. The van der Waals surface area contributed by atoms with Crippen molar-refractivity contribution in [1.29, 1.82) is 0 Å². The maximum absolute atomic E-state index is 11.7. The number of hydrogen-bond acceptors (Lipinski definition) is 4. The summed E-state index contributed by atoms with van der Waals surface area (Å²) in [6.07, 6.45) is 1.46. The first-order valence-corrected chi connectivity index (χ1v) is 7.28. The number of rotatable bonds is 6. The highest BCUT2D eigenvalue weighted by Crippen LogP contribution is 2.20. The first-order valence-electron chi connectivity index (χ1n) is 6.90. The van der Waals surface area contributed by atoms with Gasteiger partial charge in [-0.05, 0) is 42.0 Å². The molecule has 0 saturated heterocycles. The van der Waals surface area contributed by atoms with Gasteiger partial charge in [0.2, 0.25) is 0 Å². The van der Waals surface area contributed by atoms with Gasteiger partial charge in [-0.25, -0.2) is 10.2 Å². The van der Waals surface area contributed by atoms with Crippen LogP contribution in [0.1, 0.15) is 5.56 Å². The van der Waals surface area contributed by atoms with Gasteiger partial charge in [0, 0.05) is 0 Å². The maximum Gasteiger partial charge on any atom is 0.339 e. The molecule has 3 amide bonds. The van der Waals surface area contributed by atoms with Gasteiger partial charge >= 0.3 is 6.03 Å². The fourth-order valence-electron chi connectivity index (χ4n) is 1.68. The van der Waals surface area contributed by atoms with Crippen LogP contribution in [0.2, 0.25) is 5.02 Å². The third-order valence-electron chi connectivity index (χ3n) is 2.76. The number of amides is 3. The van der Waals surface area contributed by atoms with Gasteiger partial charge in [-0.3, -0.25) is 4.79 Å². The Morgan fingerprint density at radius 3 is 2.54 bits per heavy atom. The number of para-hydroxylation sites is 1. The minimum Gasteiger partial charge on any atom is -0.484 e. The number of nitrogens with zero attached hydrogens (tertiary/aromatic N) is 1. The van der Waals surface area contributed by atoms with E-state index in [4.69, 9.17) is 22.1 Å². The molecule has 2 aromatic carbocycles. The topological polar surface area (TPSA) is 106 Å². The first-order chi connectivity index (χ1) is 11.5. The van der Waals surface area contributed by atoms with Crippen LogP contribution in [0.5, 0.6) is 5.75 Å². The molecule has 124 valence electrons. The van der Waals surface area contributed by atoms with Crippen molar-refractivity contribution in [3.05, 3.63) is 59.1 Å². The second-order valence-electron chi connectivity index (χ2n) is 4.63. The zero-order valence-corrected chi connectivity index (χ0v) is 13.3. The summed E-state index contributed by atoms with van der Waals surface area (Å²) in [7, 11) is 0. The second kappa shape index (κ2) is 8.54. The van der Waals surface area contributed by atoms with E-state index in [1.165, 1.54) is 6.21 Å². The van der Waals surface area contributed by atoms with Crippen LogP contribution >= 0.6 is 11.6 Å². The SMILES string of the molecule is NC(=O)COc1ccc(/C=N/NC(=O)Nc2ccccc2Cl)cc1. The number of primary amides is 1. The van der Waals surface area contributed by atoms with Gasteiger partial charge < -0.3 is 15.8 Å². The lowest BCUT2D eigenvalue weighted by molar-refractivity contribution is -0.119. The molecule has 0 aliphatic carbocycles. The van der Waals surface area contributed by atoms with Gasteiger partial charge in [-0.1, -0.05) is 23.7 Å². The average Bonchev–Trinajstić information content (AvgIpc) is 2.56. The van der Waals surface area contributed by atoms with E-state index < -0.39 is 11.9 Å². The van der Waals surface area contributed by atoms with Gasteiger partial charge in [0.1, 0.15) is 5.75 Å². The highest BCUT2D eigenvalue weighted by atomic mass is 35.5. The lowest BCUT2D eigenvalue weighted by Gasteiger charge is -2.05. The van der Waals surface area contributed by atoms with Crippen molar-refractivity contribution in [3.8, 4) is 5.75 Å². The van der Waals surface area contributed by atoms with E-state index in [0.29, 0.717) is 16.5 Å². The predicted molar refractivity (Wildman–Crippen MR) is 92.3 cm³/mol. The summed E-state index contributed by atoms with van der Waals surface area (Å²) in [4.78, 5) is 22.3. The number of anilines is 1. The van der Waals surface area contributed by atoms with Crippen LogP contribution < -0.4 is 21.2 Å². The van der Waals surface area contributed by atoms with Crippen LogP contribution in [-0.2, 0) is 4.79 Å². The van der Waals surface area contributed by atoms with Crippen molar-refractivity contribution in [1.82, 2.24) is 5.43 Å². The zero-order valence-electron chi connectivity index (χ0n) is 12.5. The molecule has 7 nitrogen and oxygen atoms in total. The summed E-state index contributed by atoms with van der Waals surface area (Å²) in [6.45, 7) is -0.183. The van der Waals surface area contributed by atoms with Crippen molar-refractivity contribution in [3.63, 3.8) is 0 Å². The Kier molecular flexibility index (Phi) is 6.16. The van der Waals surface area contributed by atoms with Gasteiger partial charge in [0.15, 0.2) is 6.61 Å². The van der Waals surface area contributed by atoms with Crippen LogP contribution in [0.25, 0.3) is 0 Å². The summed E-state index contributed by atoms with van der Waals surface area (Å²) >= 11 is 5.94. The molecular weight excluding hydrogens is 332 g/mol. The number of nitrogens with one attached hydrogen (secondary N) is 2. The predicted octanol–water partition coefficient (Wildman–Crippen LogP) is 2.36. The largest absolute Gasteiger partial charge is 0.484 e. The number of carbonyl (C=O) groups excluding carboxylic acids is 2. The number of ether oxygens (including phenoxy) is 1. The molecule has 0 aromatic heterocycles. The number of halogens is 1. The molecule has 0 aliphatic heterocycles. The summed E-state index contributed by atoms with van der Waals surface area (Å²) < 4.78 is 5.13. The number of benzene rings is 2. The number of hydrazone groups is 1. The molecule has 0 fully saturated rings. The van der Waals surface area contributed by atoms with Crippen LogP contribution in [0.4, 0.5) is 10.5 Å². The Hall–Kier alpha value is -3.06. The van der Waals surface area contributed by atoms with Crippen molar-refractivity contribution in [2.24, 2.45) is 10.8 Å². The minimum absolute atomic E-state index is 0.183. The number of hydrogen-bond donors (Lipinski definition) is 3. The van der Waals surface area contributed by atoms with Gasteiger partial charge in [-0.15, -0.1) is 0 Å². The Labute approximate surface area is 143 Å². The van der Waals surface area contributed by atoms with Crippen LogP contribution in [0.3, 0.4) is 0 Å². The smallest absolute Gasteiger partial charge is 0.339 e. The molecule has 0 radical (unpaired) electrons. The molecule has 8 heteroatoms. The fourth-order valence-corrected chi connectivity index (χ4v) is 1.87. The van der Waals surface area contributed by atoms with E-state index in [0.717, 1.165) is 5.56 Å². The van der Waals surface area contributed by atoms with E-state index in [-0.39, 0.29) is 6.61 Å². The molecule has 4 N–H and O–H groups in total. The lowest BCUT2D eigenvalue weighted by atomic mass is 10.2. The molecule has 0 aliphatic rings. The van der Waals surface area contributed by atoms with E-state index in [2.05, 4.69) is 15.8 Å². The van der Waals surface area contributed by atoms with Crippen molar-refractivity contribution in [2.45, 2.75) is 0 Å². The molecule has 2 aromatic rings. The first kappa shape index (κ1) is 17.3. The maximum atomic E-state index is 11.7. The van der Waals surface area contributed by atoms with E-state index in [1.54, 1.807) is 48.5 Å². The monoisotopic (exact) mass is 346 g/mol.